The number of nitrogens with one attached hydrogen (secondary N) is 2. The first-order chi connectivity index (χ1) is 11.0. The number of hydrogen-bond donors (Lipinski definition) is 2. The predicted molar refractivity (Wildman–Crippen MR) is 92.4 cm³/mol. The topological polar surface area (TPSA) is 61.4 Å². The Balaban J connectivity index is 1.75. The second-order valence-corrected chi connectivity index (χ2v) is 6.55. The van der Waals surface area contributed by atoms with Crippen molar-refractivity contribution in [3.05, 3.63) is 29.3 Å². The van der Waals surface area contributed by atoms with Crippen LogP contribution in [0.3, 0.4) is 0 Å². The van der Waals surface area contributed by atoms with Crippen LogP contribution in [-0.2, 0) is 9.59 Å². The quantitative estimate of drug-likeness (QED) is 0.874. The molecule has 2 rings (SSSR count). The third-order valence-electron chi connectivity index (χ3n) is 4.43. The van der Waals surface area contributed by atoms with Gasteiger partial charge in [-0.3, -0.25) is 14.5 Å². The number of carbonyl (C=O) groups is 2. The zero-order valence-corrected chi connectivity index (χ0v) is 14.3. The van der Waals surface area contributed by atoms with Gasteiger partial charge in [0.2, 0.25) is 11.8 Å². The first-order valence-corrected chi connectivity index (χ1v) is 8.31. The number of piperidine rings is 1. The summed E-state index contributed by atoms with van der Waals surface area (Å²) >= 11 is 0. The van der Waals surface area contributed by atoms with Gasteiger partial charge < -0.3 is 10.6 Å². The van der Waals surface area contributed by atoms with Crippen molar-refractivity contribution < 1.29 is 9.59 Å². The van der Waals surface area contributed by atoms with E-state index in [9.17, 15) is 9.59 Å². The van der Waals surface area contributed by atoms with Gasteiger partial charge in [-0.15, -0.1) is 0 Å². The molecule has 1 aliphatic heterocycles. The zero-order chi connectivity index (χ0) is 16.8. The SMILES string of the molecule is Cc1cccc(NC(=O)CNC(=O)CN2CCCC(C)C2)c1C. The Morgan fingerprint density at radius 1 is 1.26 bits per heavy atom. The summed E-state index contributed by atoms with van der Waals surface area (Å²) in [6, 6.07) is 5.79. The van der Waals surface area contributed by atoms with Gasteiger partial charge in [-0.25, -0.2) is 0 Å². The highest BCUT2D eigenvalue weighted by molar-refractivity contribution is 5.95. The molecule has 1 fully saturated rings. The van der Waals surface area contributed by atoms with E-state index in [1.54, 1.807) is 0 Å². The smallest absolute Gasteiger partial charge is 0.243 e. The van der Waals surface area contributed by atoms with Crippen molar-refractivity contribution in [2.45, 2.75) is 33.6 Å². The third kappa shape index (κ3) is 5.36. The first-order valence-electron chi connectivity index (χ1n) is 8.31. The predicted octanol–water partition coefficient (Wildman–Crippen LogP) is 2.09. The van der Waals surface area contributed by atoms with Crippen molar-refractivity contribution in [1.29, 1.82) is 0 Å². The molecule has 1 aromatic carbocycles. The van der Waals surface area contributed by atoms with Crippen LogP contribution in [0.15, 0.2) is 18.2 Å². The van der Waals surface area contributed by atoms with E-state index in [0.29, 0.717) is 12.5 Å². The lowest BCUT2D eigenvalue weighted by molar-refractivity contribution is -0.125. The van der Waals surface area contributed by atoms with E-state index >= 15 is 0 Å². The van der Waals surface area contributed by atoms with Crippen LogP contribution in [0.25, 0.3) is 0 Å². The summed E-state index contributed by atoms with van der Waals surface area (Å²) in [5.41, 5.74) is 2.98. The minimum Gasteiger partial charge on any atom is -0.346 e. The van der Waals surface area contributed by atoms with Crippen LogP contribution in [0.4, 0.5) is 5.69 Å². The number of likely N-dealkylation sites (tertiary alicyclic amines) is 1. The molecule has 0 aromatic heterocycles. The number of aryl methyl sites for hydroxylation is 1. The standard InChI is InChI=1S/C18H27N3O2/c1-13-6-5-9-21(11-13)12-18(23)19-10-17(22)20-16-8-4-7-14(2)15(16)3/h4,7-8,13H,5-6,9-12H2,1-3H3,(H,19,23)(H,20,22). The molecule has 1 aliphatic rings. The number of rotatable bonds is 5. The van der Waals surface area contributed by atoms with Gasteiger partial charge in [0, 0.05) is 12.2 Å². The summed E-state index contributed by atoms with van der Waals surface area (Å²) in [4.78, 5) is 26.1. The molecular formula is C18H27N3O2. The maximum Gasteiger partial charge on any atom is 0.243 e. The average molecular weight is 317 g/mol. The van der Waals surface area contributed by atoms with Gasteiger partial charge in [0.05, 0.1) is 13.1 Å². The number of amides is 2. The van der Waals surface area contributed by atoms with E-state index in [-0.39, 0.29) is 18.4 Å². The number of benzene rings is 1. The average Bonchev–Trinajstić information content (AvgIpc) is 2.50. The zero-order valence-electron chi connectivity index (χ0n) is 14.3. The molecule has 1 aromatic rings. The molecule has 0 saturated carbocycles. The van der Waals surface area contributed by atoms with Crippen LogP contribution < -0.4 is 10.6 Å². The molecule has 1 heterocycles. The van der Waals surface area contributed by atoms with Gasteiger partial charge in [-0.05, 0) is 56.3 Å². The van der Waals surface area contributed by atoms with Crippen LogP contribution in [0, 0.1) is 19.8 Å². The second kappa shape index (κ2) is 8.11. The minimum absolute atomic E-state index is 0.00953. The molecule has 5 nitrogen and oxygen atoms in total. The maximum atomic E-state index is 12.0. The molecule has 1 atom stereocenters. The van der Waals surface area contributed by atoms with Crippen molar-refractivity contribution in [2.24, 2.45) is 5.92 Å². The number of nitrogens with zero attached hydrogens (tertiary/aromatic N) is 1. The monoisotopic (exact) mass is 317 g/mol. The van der Waals surface area contributed by atoms with Crippen molar-refractivity contribution in [3.8, 4) is 0 Å². The van der Waals surface area contributed by atoms with E-state index in [4.69, 9.17) is 0 Å². The molecule has 0 radical (unpaired) electrons. The summed E-state index contributed by atoms with van der Waals surface area (Å²) in [5.74, 6) is 0.360. The van der Waals surface area contributed by atoms with E-state index in [1.165, 1.54) is 6.42 Å². The number of hydrogen-bond acceptors (Lipinski definition) is 3. The summed E-state index contributed by atoms with van der Waals surface area (Å²) in [5, 5.41) is 5.56. The van der Waals surface area contributed by atoms with Gasteiger partial charge in [-0.1, -0.05) is 19.1 Å². The van der Waals surface area contributed by atoms with Gasteiger partial charge in [-0.2, -0.15) is 0 Å². The largest absolute Gasteiger partial charge is 0.346 e. The Morgan fingerprint density at radius 2 is 2.04 bits per heavy atom. The van der Waals surface area contributed by atoms with E-state index in [2.05, 4.69) is 22.5 Å². The third-order valence-corrected chi connectivity index (χ3v) is 4.43. The van der Waals surface area contributed by atoms with Crippen molar-refractivity contribution in [2.75, 3.05) is 31.5 Å². The first kappa shape index (κ1) is 17.5. The van der Waals surface area contributed by atoms with Gasteiger partial charge in [0.25, 0.3) is 0 Å². The molecule has 2 amide bonds. The minimum atomic E-state index is -0.195. The van der Waals surface area contributed by atoms with Gasteiger partial charge >= 0.3 is 0 Å². The summed E-state index contributed by atoms with van der Waals surface area (Å²) in [7, 11) is 0. The lowest BCUT2D eigenvalue weighted by atomic mass is 10.0. The molecule has 1 unspecified atom stereocenters. The number of anilines is 1. The van der Waals surface area contributed by atoms with Gasteiger partial charge in [0.1, 0.15) is 0 Å². The Labute approximate surface area is 138 Å². The van der Waals surface area contributed by atoms with E-state index < -0.39 is 0 Å². The fourth-order valence-electron chi connectivity index (χ4n) is 2.95. The Bertz CT molecular complexity index is 571. The molecule has 5 heteroatoms. The normalized spacial score (nSPS) is 18.5. The number of carbonyl (C=O) groups excluding carboxylic acids is 2. The van der Waals surface area contributed by atoms with E-state index in [1.807, 2.05) is 32.0 Å². The molecule has 1 saturated heterocycles. The lowest BCUT2D eigenvalue weighted by Crippen LogP contribution is -2.43. The van der Waals surface area contributed by atoms with Crippen LogP contribution >= 0.6 is 0 Å². The Kier molecular flexibility index (Phi) is 6.16. The van der Waals surface area contributed by atoms with E-state index in [0.717, 1.165) is 36.3 Å². The molecule has 2 N–H and O–H groups in total. The van der Waals surface area contributed by atoms with Gasteiger partial charge in [0.15, 0.2) is 0 Å². The van der Waals surface area contributed by atoms with Crippen LogP contribution in [0.1, 0.15) is 30.9 Å². The van der Waals surface area contributed by atoms with Crippen LogP contribution in [0.5, 0.6) is 0 Å². The second-order valence-electron chi connectivity index (χ2n) is 6.55. The Morgan fingerprint density at radius 3 is 2.78 bits per heavy atom. The molecule has 0 bridgehead atoms. The molecule has 23 heavy (non-hydrogen) atoms. The summed E-state index contributed by atoms with van der Waals surface area (Å²) in [6.07, 6.45) is 2.37. The molecule has 0 aliphatic carbocycles. The van der Waals surface area contributed by atoms with Crippen LogP contribution in [-0.4, -0.2) is 42.9 Å². The summed E-state index contributed by atoms with van der Waals surface area (Å²) in [6.45, 7) is 8.50. The highest BCUT2D eigenvalue weighted by atomic mass is 16.2. The molecular weight excluding hydrogens is 290 g/mol. The van der Waals surface area contributed by atoms with Crippen molar-refractivity contribution in [3.63, 3.8) is 0 Å². The highest BCUT2D eigenvalue weighted by Crippen LogP contribution is 2.17. The lowest BCUT2D eigenvalue weighted by Gasteiger charge is -2.30. The van der Waals surface area contributed by atoms with Crippen LogP contribution in [0.2, 0.25) is 0 Å². The fourth-order valence-corrected chi connectivity index (χ4v) is 2.95. The van der Waals surface area contributed by atoms with Crippen molar-refractivity contribution in [1.82, 2.24) is 10.2 Å². The molecule has 126 valence electrons. The maximum absolute atomic E-state index is 12.0. The fraction of sp³-hybridized carbons (Fsp3) is 0.556. The highest BCUT2D eigenvalue weighted by Gasteiger charge is 2.18. The van der Waals surface area contributed by atoms with Crippen molar-refractivity contribution >= 4 is 17.5 Å². The molecule has 0 spiro atoms. The Hall–Kier alpha value is -1.88. The summed E-state index contributed by atoms with van der Waals surface area (Å²) < 4.78 is 0.